The lowest BCUT2D eigenvalue weighted by Gasteiger charge is -2.38. The Kier molecular flexibility index (Phi) is 3.95. The molecule has 1 aliphatic heterocycles. The van der Waals surface area contributed by atoms with Crippen LogP contribution in [-0.4, -0.2) is 44.0 Å². The van der Waals surface area contributed by atoms with Crippen LogP contribution in [0, 0.1) is 0 Å². The molecule has 0 unspecified atom stereocenters. The highest BCUT2D eigenvalue weighted by Gasteiger charge is 2.24. The minimum atomic E-state index is -2.81. The number of hydrogen-bond donors (Lipinski definition) is 0. The molecule has 0 aromatic heterocycles. The average molecular weight is 219 g/mol. The van der Waals surface area contributed by atoms with Gasteiger partial charge in [0.15, 0.2) is 0 Å². The van der Waals surface area contributed by atoms with Gasteiger partial charge in [-0.25, -0.2) is 8.42 Å². The predicted molar refractivity (Wildman–Crippen MR) is 59.2 cm³/mol. The van der Waals surface area contributed by atoms with Gasteiger partial charge in [-0.1, -0.05) is 6.42 Å². The second-order valence-corrected chi connectivity index (χ2v) is 6.76. The van der Waals surface area contributed by atoms with E-state index in [-0.39, 0.29) is 0 Å². The molecule has 0 radical (unpaired) electrons. The molecule has 14 heavy (non-hydrogen) atoms. The summed E-state index contributed by atoms with van der Waals surface area (Å²) in [6.07, 6.45) is 4.99. The molecule has 1 saturated heterocycles. The van der Waals surface area contributed by atoms with Crippen molar-refractivity contribution in [3.05, 3.63) is 0 Å². The summed E-state index contributed by atoms with van der Waals surface area (Å²) < 4.78 is 22.1. The van der Waals surface area contributed by atoms with Crippen molar-refractivity contribution in [2.75, 3.05) is 18.6 Å². The molecule has 0 saturated carbocycles. The molecule has 2 atom stereocenters. The van der Waals surface area contributed by atoms with E-state index in [1.807, 2.05) is 0 Å². The maximum atomic E-state index is 11.1. The molecule has 1 heterocycles. The number of sulfone groups is 1. The summed E-state index contributed by atoms with van der Waals surface area (Å²) in [6.45, 7) is 5.08. The molecule has 0 aromatic rings. The molecule has 1 rings (SSSR count). The molecule has 1 fully saturated rings. The zero-order chi connectivity index (χ0) is 10.8. The molecule has 0 amide bonds. The van der Waals surface area contributed by atoms with Gasteiger partial charge in [0.1, 0.15) is 9.84 Å². The highest BCUT2D eigenvalue weighted by molar-refractivity contribution is 7.90. The van der Waals surface area contributed by atoms with Gasteiger partial charge < -0.3 is 0 Å². The van der Waals surface area contributed by atoms with E-state index < -0.39 is 9.84 Å². The molecule has 4 heteroatoms. The summed E-state index contributed by atoms with van der Waals surface area (Å²) in [4.78, 5) is 2.32. The monoisotopic (exact) mass is 219 g/mol. The van der Waals surface area contributed by atoms with E-state index in [2.05, 4.69) is 18.7 Å². The Labute approximate surface area is 87.4 Å². The first-order valence-electron chi connectivity index (χ1n) is 5.33. The van der Waals surface area contributed by atoms with E-state index >= 15 is 0 Å². The number of piperidine rings is 1. The summed E-state index contributed by atoms with van der Waals surface area (Å²) in [5.74, 6) is 0.293. The average Bonchev–Trinajstić information content (AvgIpc) is 2.01. The Morgan fingerprint density at radius 2 is 1.71 bits per heavy atom. The van der Waals surface area contributed by atoms with Crippen molar-refractivity contribution in [3.8, 4) is 0 Å². The lowest BCUT2D eigenvalue weighted by molar-refractivity contribution is 0.112. The maximum Gasteiger partial charge on any atom is 0.148 e. The van der Waals surface area contributed by atoms with Gasteiger partial charge >= 0.3 is 0 Å². The molecule has 0 spiro atoms. The van der Waals surface area contributed by atoms with Crippen molar-refractivity contribution in [2.45, 2.75) is 45.2 Å². The Hall–Kier alpha value is -0.0900. The topological polar surface area (TPSA) is 37.4 Å². The van der Waals surface area contributed by atoms with E-state index in [1.165, 1.54) is 25.5 Å². The van der Waals surface area contributed by atoms with E-state index in [0.717, 1.165) is 0 Å². The molecule has 1 aliphatic rings. The maximum absolute atomic E-state index is 11.1. The minimum Gasteiger partial charge on any atom is -0.297 e. The summed E-state index contributed by atoms with van der Waals surface area (Å²) in [5.41, 5.74) is 0. The second kappa shape index (κ2) is 4.62. The van der Waals surface area contributed by atoms with Crippen molar-refractivity contribution in [3.63, 3.8) is 0 Å². The van der Waals surface area contributed by atoms with Crippen molar-refractivity contribution < 1.29 is 8.42 Å². The molecule has 0 N–H and O–H groups in total. The molecule has 3 nitrogen and oxygen atoms in total. The fraction of sp³-hybridized carbons (Fsp3) is 1.00. The highest BCUT2D eigenvalue weighted by Crippen LogP contribution is 2.21. The second-order valence-electron chi connectivity index (χ2n) is 4.50. The van der Waals surface area contributed by atoms with Crippen LogP contribution in [0.2, 0.25) is 0 Å². The number of rotatable bonds is 3. The van der Waals surface area contributed by atoms with Gasteiger partial charge in [-0.15, -0.1) is 0 Å². The van der Waals surface area contributed by atoms with Crippen molar-refractivity contribution >= 4 is 9.84 Å². The zero-order valence-corrected chi connectivity index (χ0v) is 10.2. The molecule has 0 aliphatic carbocycles. The van der Waals surface area contributed by atoms with Crippen LogP contribution in [0.3, 0.4) is 0 Å². The molecular weight excluding hydrogens is 198 g/mol. The molecule has 0 bridgehead atoms. The van der Waals surface area contributed by atoms with Crippen LogP contribution < -0.4 is 0 Å². The summed E-state index contributed by atoms with van der Waals surface area (Å²) in [5, 5.41) is 0. The number of nitrogens with zero attached hydrogens (tertiary/aromatic N) is 1. The first kappa shape index (κ1) is 12.0. The standard InChI is InChI=1S/C10H21NO2S/c1-9-5-4-6-10(2)11(9)7-8-14(3,12)13/h9-10H,4-8H2,1-3H3/t9-,10+. The fourth-order valence-electron chi connectivity index (χ4n) is 2.19. The van der Waals surface area contributed by atoms with Crippen LogP contribution in [0.1, 0.15) is 33.1 Å². The first-order chi connectivity index (χ1) is 6.40. The van der Waals surface area contributed by atoms with Crippen LogP contribution in [0.15, 0.2) is 0 Å². The molecule has 0 aromatic carbocycles. The van der Waals surface area contributed by atoms with E-state index in [4.69, 9.17) is 0 Å². The van der Waals surface area contributed by atoms with E-state index in [1.54, 1.807) is 0 Å². The van der Waals surface area contributed by atoms with Gasteiger partial charge in [0.2, 0.25) is 0 Å². The van der Waals surface area contributed by atoms with Gasteiger partial charge in [-0.05, 0) is 26.7 Å². The summed E-state index contributed by atoms with van der Waals surface area (Å²) in [6, 6.07) is 1.08. The van der Waals surface area contributed by atoms with Gasteiger partial charge in [-0.3, -0.25) is 4.90 Å². The van der Waals surface area contributed by atoms with Crippen LogP contribution in [0.4, 0.5) is 0 Å². The lowest BCUT2D eigenvalue weighted by Crippen LogP contribution is -2.45. The van der Waals surface area contributed by atoms with Crippen LogP contribution >= 0.6 is 0 Å². The Morgan fingerprint density at radius 3 is 2.14 bits per heavy atom. The lowest BCUT2D eigenvalue weighted by atomic mass is 9.98. The Morgan fingerprint density at radius 1 is 1.21 bits per heavy atom. The van der Waals surface area contributed by atoms with Crippen molar-refractivity contribution in [1.29, 1.82) is 0 Å². The van der Waals surface area contributed by atoms with E-state index in [0.29, 0.717) is 24.4 Å². The summed E-state index contributed by atoms with van der Waals surface area (Å²) >= 11 is 0. The molecule has 84 valence electrons. The Bertz CT molecular complexity index is 264. The summed E-state index contributed by atoms with van der Waals surface area (Å²) in [7, 11) is -2.81. The normalized spacial score (nSPS) is 30.5. The van der Waals surface area contributed by atoms with Crippen LogP contribution in [0.25, 0.3) is 0 Å². The smallest absolute Gasteiger partial charge is 0.148 e. The Balaban J connectivity index is 2.48. The van der Waals surface area contributed by atoms with Gasteiger partial charge in [0.25, 0.3) is 0 Å². The third-order valence-corrected chi connectivity index (χ3v) is 4.02. The SMILES string of the molecule is C[C@@H]1CCC[C@H](C)N1CCS(C)(=O)=O. The molecular formula is C10H21NO2S. The minimum absolute atomic E-state index is 0.293. The largest absolute Gasteiger partial charge is 0.297 e. The zero-order valence-electron chi connectivity index (χ0n) is 9.36. The third kappa shape index (κ3) is 3.58. The predicted octanol–water partition coefficient (Wildman–Crippen LogP) is 1.29. The number of likely N-dealkylation sites (tertiary alicyclic amines) is 1. The van der Waals surface area contributed by atoms with Crippen LogP contribution in [-0.2, 0) is 9.84 Å². The van der Waals surface area contributed by atoms with E-state index in [9.17, 15) is 8.42 Å². The fourth-order valence-corrected chi connectivity index (χ4v) is 2.73. The van der Waals surface area contributed by atoms with Gasteiger partial charge in [0.05, 0.1) is 5.75 Å². The van der Waals surface area contributed by atoms with Gasteiger partial charge in [0, 0.05) is 24.9 Å². The van der Waals surface area contributed by atoms with Crippen molar-refractivity contribution in [2.24, 2.45) is 0 Å². The quantitative estimate of drug-likeness (QED) is 0.718. The van der Waals surface area contributed by atoms with Crippen LogP contribution in [0.5, 0.6) is 0 Å². The van der Waals surface area contributed by atoms with Crippen molar-refractivity contribution in [1.82, 2.24) is 4.90 Å². The first-order valence-corrected chi connectivity index (χ1v) is 7.39. The highest BCUT2D eigenvalue weighted by atomic mass is 32.2. The third-order valence-electron chi connectivity index (χ3n) is 3.10. The van der Waals surface area contributed by atoms with Gasteiger partial charge in [-0.2, -0.15) is 0 Å². The number of hydrogen-bond acceptors (Lipinski definition) is 3.